The monoisotopic (exact) mass is 323 g/mol. The Morgan fingerprint density at radius 3 is 2.96 bits per heavy atom. The van der Waals surface area contributed by atoms with Gasteiger partial charge in [-0.05, 0) is 49.5 Å². The number of fused-ring (bicyclic) bond motifs is 2. The highest BCUT2D eigenvalue weighted by atomic mass is 16.1. The summed E-state index contributed by atoms with van der Waals surface area (Å²) in [6.45, 7) is 2.82. The molecule has 4 nitrogen and oxygen atoms in total. The van der Waals surface area contributed by atoms with Gasteiger partial charge in [-0.1, -0.05) is 36.2 Å². The number of nitrogens with zero attached hydrogens (tertiary/aromatic N) is 2. The minimum absolute atomic E-state index is 0.119. The van der Waals surface area contributed by atoms with E-state index in [1.54, 1.807) is 0 Å². The number of hydrogen-bond acceptors (Lipinski definition) is 2. The van der Waals surface area contributed by atoms with Crippen LogP contribution in [-0.4, -0.2) is 15.7 Å². The second kappa shape index (κ2) is 6.42. The Hall–Kier alpha value is -2.10. The Morgan fingerprint density at radius 2 is 2.21 bits per heavy atom. The van der Waals surface area contributed by atoms with Gasteiger partial charge in [-0.3, -0.25) is 9.48 Å². The summed E-state index contributed by atoms with van der Waals surface area (Å²) in [5.74, 6) is 3.06. The van der Waals surface area contributed by atoms with Crippen molar-refractivity contribution in [3.63, 3.8) is 0 Å². The minimum Gasteiger partial charge on any atom is -0.309 e. The molecule has 1 aromatic heterocycles. The Kier molecular flexibility index (Phi) is 4.13. The highest BCUT2D eigenvalue weighted by Gasteiger charge is 2.40. The van der Waals surface area contributed by atoms with Gasteiger partial charge in [0.25, 0.3) is 0 Å². The maximum atomic E-state index is 12.3. The molecule has 1 aromatic carbocycles. The van der Waals surface area contributed by atoms with Gasteiger partial charge in [0, 0.05) is 18.7 Å². The smallest absolute Gasteiger partial charge is 0.225 e. The van der Waals surface area contributed by atoms with Crippen LogP contribution in [0, 0.1) is 24.7 Å². The third-order valence-electron chi connectivity index (χ3n) is 5.67. The average molecular weight is 323 g/mol. The first-order valence-electron chi connectivity index (χ1n) is 9.04. The summed E-state index contributed by atoms with van der Waals surface area (Å²) in [5, 5.41) is 7.46. The Morgan fingerprint density at radius 1 is 1.29 bits per heavy atom. The van der Waals surface area contributed by atoms with E-state index in [0.29, 0.717) is 18.2 Å². The average Bonchev–Trinajstić information content (AvgIpc) is 3.24. The molecule has 3 atom stereocenters. The number of amides is 1. The molecule has 0 spiro atoms. The van der Waals surface area contributed by atoms with Crippen LogP contribution in [0.2, 0.25) is 0 Å². The van der Waals surface area contributed by atoms with Gasteiger partial charge in [-0.15, -0.1) is 0 Å². The summed E-state index contributed by atoms with van der Waals surface area (Å²) < 4.78 is 1.88. The molecule has 24 heavy (non-hydrogen) atoms. The van der Waals surface area contributed by atoms with Gasteiger partial charge in [0.1, 0.15) is 0 Å². The van der Waals surface area contributed by atoms with Gasteiger partial charge < -0.3 is 5.32 Å². The number of carbonyl (C=O) groups excluding carboxylic acids is 1. The molecule has 0 saturated heterocycles. The molecule has 3 unspecified atom stereocenters. The highest BCUT2D eigenvalue weighted by molar-refractivity contribution is 5.89. The molecule has 4 rings (SSSR count). The molecule has 126 valence electrons. The van der Waals surface area contributed by atoms with Crippen molar-refractivity contribution in [2.45, 2.75) is 45.6 Å². The van der Waals surface area contributed by atoms with E-state index in [0.717, 1.165) is 18.4 Å². The number of anilines is 1. The lowest BCUT2D eigenvalue weighted by molar-refractivity contribution is -0.117. The molecule has 4 heteroatoms. The molecule has 2 bridgehead atoms. The number of rotatable bonds is 5. The molecular formula is C20H25N3O. The Bertz CT molecular complexity index is 736. The van der Waals surface area contributed by atoms with Crippen LogP contribution in [0.4, 0.5) is 5.82 Å². The van der Waals surface area contributed by atoms with Crippen LogP contribution in [0.15, 0.2) is 36.5 Å². The number of benzene rings is 1. The molecule has 0 radical (unpaired) electrons. The summed E-state index contributed by atoms with van der Waals surface area (Å²) in [6.07, 6.45) is 7.89. The molecule has 2 aromatic rings. The van der Waals surface area contributed by atoms with E-state index in [-0.39, 0.29) is 5.91 Å². The van der Waals surface area contributed by atoms with E-state index in [4.69, 9.17) is 0 Å². The van der Waals surface area contributed by atoms with Crippen molar-refractivity contribution in [3.05, 3.63) is 47.7 Å². The van der Waals surface area contributed by atoms with Gasteiger partial charge >= 0.3 is 0 Å². The molecule has 1 heterocycles. The van der Waals surface area contributed by atoms with Gasteiger partial charge in [-0.25, -0.2) is 0 Å². The molecule has 2 aliphatic rings. The van der Waals surface area contributed by atoms with Crippen LogP contribution in [0.3, 0.4) is 0 Å². The van der Waals surface area contributed by atoms with E-state index in [2.05, 4.69) is 41.6 Å². The predicted molar refractivity (Wildman–Crippen MR) is 94.7 cm³/mol. The quantitative estimate of drug-likeness (QED) is 0.904. The fourth-order valence-electron chi connectivity index (χ4n) is 4.57. The second-order valence-corrected chi connectivity index (χ2v) is 7.57. The lowest BCUT2D eigenvalue weighted by Crippen LogP contribution is -2.20. The number of hydrogen-bond donors (Lipinski definition) is 1. The van der Waals surface area contributed by atoms with Crippen molar-refractivity contribution in [2.24, 2.45) is 17.8 Å². The van der Waals surface area contributed by atoms with Crippen molar-refractivity contribution in [2.75, 3.05) is 5.32 Å². The van der Waals surface area contributed by atoms with Crippen LogP contribution in [0.5, 0.6) is 0 Å². The molecule has 1 amide bonds. The lowest BCUT2D eigenvalue weighted by Gasteiger charge is -2.20. The summed E-state index contributed by atoms with van der Waals surface area (Å²) in [5.41, 5.74) is 2.47. The summed E-state index contributed by atoms with van der Waals surface area (Å²) >= 11 is 0. The van der Waals surface area contributed by atoms with E-state index >= 15 is 0 Å². The van der Waals surface area contributed by atoms with Crippen LogP contribution >= 0.6 is 0 Å². The van der Waals surface area contributed by atoms with Crippen LogP contribution in [0.1, 0.15) is 43.2 Å². The van der Waals surface area contributed by atoms with Gasteiger partial charge in [-0.2, -0.15) is 5.10 Å². The standard InChI is InChI=1S/C20H25N3O/c1-14-3-2-4-16(9-14)13-23-8-7-19(22-23)21-20(24)12-18-11-15-5-6-17(18)10-15/h2-4,7-9,15,17-18H,5-6,10-13H2,1H3,(H,21,22,24). The summed E-state index contributed by atoms with van der Waals surface area (Å²) in [7, 11) is 0. The van der Waals surface area contributed by atoms with Gasteiger partial charge in [0.05, 0.1) is 6.54 Å². The molecule has 2 aliphatic carbocycles. The van der Waals surface area contributed by atoms with Crippen molar-refractivity contribution in [1.29, 1.82) is 0 Å². The Balaban J connectivity index is 1.32. The summed E-state index contributed by atoms with van der Waals surface area (Å²) in [4.78, 5) is 12.3. The first-order chi connectivity index (χ1) is 11.7. The lowest BCUT2D eigenvalue weighted by atomic mass is 9.86. The van der Waals surface area contributed by atoms with Crippen LogP contribution in [-0.2, 0) is 11.3 Å². The topological polar surface area (TPSA) is 46.9 Å². The first-order valence-corrected chi connectivity index (χ1v) is 9.04. The zero-order valence-corrected chi connectivity index (χ0v) is 14.2. The number of nitrogens with one attached hydrogen (secondary N) is 1. The van der Waals surface area contributed by atoms with Crippen LogP contribution in [0.25, 0.3) is 0 Å². The number of aryl methyl sites for hydroxylation is 1. The number of aromatic nitrogens is 2. The fourth-order valence-corrected chi connectivity index (χ4v) is 4.57. The Labute approximate surface area is 143 Å². The predicted octanol–water partition coefficient (Wildman–Crippen LogP) is 4.00. The van der Waals surface area contributed by atoms with E-state index in [9.17, 15) is 4.79 Å². The molecule has 2 fully saturated rings. The molecule has 1 N–H and O–H groups in total. The van der Waals surface area contributed by atoms with E-state index < -0.39 is 0 Å². The maximum absolute atomic E-state index is 12.3. The van der Waals surface area contributed by atoms with Crippen LogP contribution < -0.4 is 5.32 Å². The third kappa shape index (κ3) is 3.37. The zero-order valence-electron chi connectivity index (χ0n) is 14.2. The molecule has 2 saturated carbocycles. The van der Waals surface area contributed by atoms with Crippen molar-refractivity contribution < 1.29 is 4.79 Å². The highest BCUT2D eigenvalue weighted by Crippen LogP contribution is 2.49. The molecule has 0 aliphatic heterocycles. The van der Waals surface area contributed by atoms with Crippen molar-refractivity contribution in [1.82, 2.24) is 9.78 Å². The van der Waals surface area contributed by atoms with E-state index in [1.807, 2.05) is 16.9 Å². The largest absolute Gasteiger partial charge is 0.309 e. The minimum atomic E-state index is 0.119. The third-order valence-corrected chi connectivity index (χ3v) is 5.67. The van der Waals surface area contributed by atoms with Crippen molar-refractivity contribution >= 4 is 11.7 Å². The summed E-state index contributed by atoms with van der Waals surface area (Å²) in [6, 6.07) is 10.3. The van der Waals surface area contributed by atoms with Crippen molar-refractivity contribution in [3.8, 4) is 0 Å². The SMILES string of the molecule is Cc1cccc(Cn2ccc(NC(=O)CC3CC4CCC3C4)n2)c1. The van der Waals surface area contributed by atoms with Gasteiger partial charge in [0.15, 0.2) is 5.82 Å². The first kappa shape index (κ1) is 15.4. The van der Waals surface area contributed by atoms with Gasteiger partial charge in [0.2, 0.25) is 5.91 Å². The number of carbonyl (C=O) groups is 1. The normalized spacial score (nSPS) is 25.1. The zero-order chi connectivity index (χ0) is 16.5. The van der Waals surface area contributed by atoms with E-state index in [1.165, 1.54) is 36.8 Å². The second-order valence-electron chi connectivity index (χ2n) is 7.57. The molecular weight excluding hydrogens is 298 g/mol. The maximum Gasteiger partial charge on any atom is 0.225 e. The fraction of sp³-hybridized carbons (Fsp3) is 0.500.